The Morgan fingerprint density at radius 3 is 3.00 bits per heavy atom. The molecule has 3 heterocycles. The quantitative estimate of drug-likeness (QED) is 0.743. The van der Waals surface area contributed by atoms with Crippen LogP contribution < -0.4 is 10.1 Å². The van der Waals surface area contributed by atoms with Crippen molar-refractivity contribution in [3.8, 4) is 17.0 Å². The highest BCUT2D eigenvalue weighted by molar-refractivity contribution is 7.15. The molecule has 2 aromatic heterocycles. The number of ether oxygens (including phenoxy) is 2. The number of rotatable bonds is 4. The first-order valence-corrected chi connectivity index (χ1v) is 9.89. The van der Waals surface area contributed by atoms with Gasteiger partial charge in [0.1, 0.15) is 11.4 Å². The number of nitrogens with zero attached hydrogens (tertiary/aromatic N) is 2. The smallest absolute Gasteiger partial charge is 0.269 e. The van der Waals surface area contributed by atoms with E-state index in [2.05, 4.69) is 24.1 Å². The van der Waals surface area contributed by atoms with Crippen molar-refractivity contribution < 1.29 is 14.3 Å². The zero-order chi connectivity index (χ0) is 19.0. The fourth-order valence-electron chi connectivity index (χ4n) is 3.55. The van der Waals surface area contributed by atoms with Crippen molar-refractivity contribution in [1.82, 2.24) is 14.7 Å². The van der Waals surface area contributed by atoms with Crippen LogP contribution >= 0.6 is 11.3 Å². The van der Waals surface area contributed by atoms with E-state index in [-0.39, 0.29) is 17.6 Å². The van der Waals surface area contributed by atoms with Gasteiger partial charge < -0.3 is 14.8 Å². The van der Waals surface area contributed by atoms with Crippen LogP contribution in [0.5, 0.6) is 5.75 Å². The molecule has 0 radical (unpaired) electrons. The third-order valence-electron chi connectivity index (χ3n) is 4.86. The monoisotopic (exact) mass is 385 g/mol. The van der Waals surface area contributed by atoms with Gasteiger partial charge in [-0.2, -0.15) is 0 Å². The summed E-state index contributed by atoms with van der Waals surface area (Å²) in [5.41, 5.74) is 2.11. The molecule has 27 heavy (non-hydrogen) atoms. The number of methoxy groups -OCH3 is 1. The van der Waals surface area contributed by atoms with Crippen molar-refractivity contribution in [2.24, 2.45) is 0 Å². The summed E-state index contributed by atoms with van der Waals surface area (Å²) in [7, 11) is 1.64. The fraction of sp³-hybridized carbons (Fsp3) is 0.400. The Morgan fingerprint density at radius 1 is 1.41 bits per heavy atom. The van der Waals surface area contributed by atoms with Crippen molar-refractivity contribution in [3.05, 3.63) is 41.5 Å². The lowest BCUT2D eigenvalue weighted by atomic mass is 9.94. The van der Waals surface area contributed by atoms with E-state index in [1.807, 2.05) is 40.2 Å². The lowest BCUT2D eigenvalue weighted by Crippen LogP contribution is -2.46. The summed E-state index contributed by atoms with van der Waals surface area (Å²) in [5, 5.41) is 5.01. The summed E-state index contributed by atoms with van der Waals surface area (Å²) < 4.78 is 13.0. The first-order chi connectivity index (χ1) is 13.0. The number of thiazole rings is 1. The maximum absolute atomic E-state index is 12.8. The van der Waals surface area contributed by atoms with Crippen LogP contribution in [-0.2, 0) is 4.74 Å². The Hall–Kier alpha value is -2.38. The molecule has 6 nitrogen and oxygen atoms in total. The van der Waals surface area contributed by atoms with E-state index in [1.54, 1.807) is 7.11 Å². The van der Waals surface area contributed by atoms with Crippen LogP contribution in [-0.4, -0.2) is 40.7 Å². The zero-order valence-electron chi connectivity index (χ0n) is 15.7. The molecule has 1 N–H and O–H groups in total. The zero-order valence-corrected chi connectivity index (χ0v) is 16.5. The van der Waals surface area contributed by atoms with Gasteiger partial charge in [0.2, 0.25) is 0 Å². The van der Waals surface area contributed by atoms with E-state index in [4.69, 9.17) is 9.47 Å². The standard InChI is InChI=1S/C20H23N3O3S/c1-20(2)10-13(8-9-26-20)21-18(24)16-12-27-19-22-15(11-23(16)19)14-6-4-5-7-17(14)25-3/h4-7,11-13H,8-10H2,1-3H3,(H,21,24). The molecule has 3 aromatic rings. The van der Waals surface area contributed by atoms with E-state index in [0.717, 1.165) is 34.8 Å². The molecule has 1 aromatic carbocycles. The molecule has 1 fully saturated rings. The number of hydrogen-bond acceptors (Lipinski definition) is 5. The highest BCUT2D eigenvalue weighted by Gasteiger charge is 2.30. The molecule has 142 valence electrons. The van der Waals surface area contributed by atoms with Gasteiger partial charge in [-0.25, -0.2) is 4.98 Å². The first-order valence-electron chi connectivity index (χ1n) is 9.02. The molecule has 1 amide bonds. The second-order valence-electron chi connectivity index (χ2n) is 7.37. The average Bonchev–Trinajstić information content (AvgIpc) is 3.21. The summed E-state index contributed by atoms with van der Waals surface area (Å²) in [4.78, 5) is 18.3. The number of para-hydroxylation sites is 1. The number of hydrogen-bond donors (Lipinski definition) is 1. The van der Waals surface area contributed by atoms with E-state index in [1.165, 1.54) is 11.3 Å². The van der Waals surface area contributed by atoms with Crippen LogP contribution in [0.15, 0.2) is 35.8 Å². The molecule has 0 saturated carbocycles. The van der Waals surface area contributed by atoms with Crippen molar-refractivity contribution in [2.45, 2.75) is 38.3 Å². The van der Waals surface area contributed by atoms with Crippen LogP contribution in [0.4, 0.5) is 0 Å². The summed E-state index contributed by atoms with van der Waals surface area (Å²) >= 11 is 1.46. The highest BCUT2D eigenvalue weighted by atomic mass is 32.1. The SMILES string of the molecule is COc1ccccc1-c1cn2c(C(=O)NC3CCOC(C)(C)C3)csc2n1. The minimum Gasteiger partial charge on any atom is -0.496 e. The number of carbonyl (C=O) groups excluding carboxylic acids is 1. The molecule has 1 aliphatic heterocycles. The largest absolute Gasteiger partial charge is 0.496 e. The Morgan fingerprint density at radius 2 is 2.22 bits per heavy atom. The second-order valence-corrected chi connectivity index (χ2v) is 8.21. The number of aromatic nitrogens is 2. The number of carbonyl (C=O) groups is 1. The van der Waals surface area contributed by atoms with Crippen molar-refractivity contribution >= 4 is 22.2 Å². The Kier molecular flexibility index (Phi) is 4.65. The van der Waals surface area contributed by atoms with Crippen molar-refractivity contribution in [1.29, 1.82) is 0 Å². The normalized spacial score (nSPS) is 19.1. The predicted molar refractivity (Wildman–Crippen MR) is 106 cm³/mol. The second kappa shape index (κ2) is 6.98. The Balaban J connectivity index is 1.60. The average molecular weight is 385 g/mol. The van der Waals surface area contributed by atoms with Gasteiger partial charge in [0.05, 0.1) is 18.4 Å². The maximum Gasteiger partial charge on any atom is 0.269 e. The van der Waals surface area contributed by atoms with Gasteiger partial charge in [-0.05, 0) is 38.8 Å². The molecule has 1 unspecified atom stereocenters. The van der Waals surface area contributed by atoms with Gasteiger partial charge >= 0.3 is 0 Å². The van der Waals surface area contributed by atoms with E-state index in [9.17, 15) is 4.79 Å². The lowest BCUT2D eigenvalue weighted by Gasteiger charge is -2.35. The molecule has 4 rings (SSSR count). The van der Waals surface area contributed by atoms with Gasteiger partial charge in [0, 0.05) is 29.8 Å². The molecular weight excluding hydrogens is 362 g/mol. The molecule has 0 aliphatic carbocycles. The third kappa shape index (κ3) is 3.57. The van der Waals surface area contributed by atoms with E-state index in [0.29, 0.717) is 12.3 Å². The Bertz CT molecular complexity index is 976. The summed E-state index contributed by atoms with van der Waals surface area (Å²) in [6.07, 6.45) is 3.54. The summed E-state index contributed by atoms with van der Waals surface area (Å²) in [5.74, 6) is 0.687. The van der Waals surface area contributed by atoms with Gasteiger partial charge in [-0.15, -0.1) is 11.3 Å². The molecule has 0 bridgehead atoms. The van der Waals surface area contributed by atoms with E-state index >= 15 is 0 Å². The third-order valence-corrected chi connectivity index (χ3v) is 5.70. The molecule has 1 saturated heterocycles. The molecule has 1 atom stereocenters. The maximum atomic E-state index is 12.8. The number of benzene rings is 1. The van der Waals surface area contributed by atoms with Crippen molar-refractivity contribution in [3.63, 3.8) is 0 Å². The van der Waals surface area contributed by atoms with Crippen LogP contribution in [0.3, 0.4) is 0 Å². The Labute approximate surface area is 162 Å². The van der Waals surface area contributed by atoms with Crippen LogP contribution in [0.25, 0.3) is 16.2 Å². The van der Waals surface area contributed by atoms with Crippen LogP contribution in [0.2, 0.25) is 0 Å². The summed E-state index contributed by atoms with van der Waals surface area (Å²) in [6, 6.07) is 7.87. The highest BCUT2D eigenvalue weighted by Crippen LogP contribution is 2.31. The molecular formula is C20H23N3O3S. The van der Waals surface area contributed by atoms with Gasteiger partial charge in [0.25, 0.3) is 5.91 Å². The number of nitrogens with one attached hydrogen (secondary N) is 1. The minimum atomic E-state index is -0.202. The van der Waals surface area contributed by atoms with Crippen LogP contribution in [0.1, 0.15) is 37.2 Å². The number of amides is 1. The molecule has 0 spiro atoms. The fourth-order valence-corrected chi connectivity index (χ4v) is 4.40. The van der Waals surface area contributed by atoms with Gasteiger partial charge in [-0.1, -0.05) is 12.1 Å². The number of fused-ring (bicyclic) bond motifs is 1. The first kappa shape index (κ1) is 18.0. The van der Waals surface area contributed by atoms with Crippen LogP contribution in [0, 0.1) is 0 Å². The van der Waals surface area contributed by atoms with Crippen molar-refractivity contribution in [2.75, 3.05) is 13.7 Å². The molecule has 7 heteroatoms. The van der Waals surface area contributed by atoms with E-state index < -0.39 is 0 Å². The summed E-state index contributed by atoms with van der Waals surface area (Å²) in [6.45, 7) is 4.78. The predicted octanol–water partition coefficient (Wildman–Crippen LogP) is 3.76. The topological polar surface area (TPSA) is 64.9 Å². The number of imidazole rings is 1. The lowest BCUT2D eigenvalue weighted by molar-refractivity contribution is -0.0615. The minimum absolute atomic E-state index is 0.0760. The van der Waals surface area contributed by atoms with Gasteiger partial charge in [-0.3, -0.25) is 9.20 Å². The molecule has 1 aliphatic rings. The van der Waals surface area contributed by atoms with Gasteiger partial charge in [0.15, 0.2) is 4.96 Å².